The summed E-state index contributed by atoms with van der Waals surface area (Å²) in [5, 5.41) is 8.62. The Morgan fingerprint density at radius 3 is 1.26 bits per heavy atom. The molecule has 68 heavy (non-hydrogen) atoms. The number of benzene rings is 6. The summed E-state index contributed by atoms with van der Waals surface area (Å²) in [7, 11) is -2.84. The van der Waals surface area contributed by atoms with Crippen LogP contribution in [0.3, 0.4) is 0 Å². The average Bonchev–Trinajstić information content (AvgIpc) is 3.34. The standard InChI is InChI=1S/C58H65N3O6Si/c1-42(36-43-24-12-6-13-25-43)54(63)60-51(39-46-30-18-9-19-31-46)56(65)59-50(38-45-28-16-8-17-29-45)53(62)41-48(37-44-26-14-7-15-27-44)55(64)61-52(40-47-32-20-10-21-33-47)57(66)67-68(4,5)58(2,3)49-34-22-11-23-35-49/h6-35,42,48,50-52H,36-41H2,1-5H3,(H,59,65)(H,60,63)(H,61,64)/t42-,48+,50-,51-,52-/m0/s1. The Balaban J connectivity index is 1.27. The van der Waals surface area contributed by atoms with Crippen LogP contribution in [0.5, 0.6) is 0 Å². The summed E-state index contributed by atoms with van der Waals surface area (Å²) in [6.45, 7) is 10.0. The van der Waals surface area contributed by atoms with Crippen LogP contribution in [0.1, 0.15) is 60.6 Å². The van der Waals surface area contributed by atoms with Gasteiger partial charge in [-0.25, -0.2) is 0 Å². The van der Waals surface area contributed by atoms with E-state index in [2.05, 4.69) is 29.8 Å². The molecule has 6 rings (SSSR count). The first kappa shape index (κ1) is 50.5. The Hall–Kier alpha value is -6.91. The first-order valence-corrected chi connectivity index (χ1v) is 26.5. The van der Waals surface area contributed by atoms with Gasteiger partial charge in [-0.1, -0.05) is 203 Å². The largest absolute Gasteiger partial charge is 0.517 e. The summed E-state index contributed by atoms with van der Waals surface area (Å²) in [5.41, 5.74) is 5.38. The number of carbonyl (C=O) groups is 5. The molecule has 0 aromatic heterocycles. The van der Waals surface area contributed by atoms with Crippen LogP contribution in [0, 0.1) is 11.8 Å². The van der Waals surface area contributed by atoms with Crippen molar-refractivity contribution < 1.29 is 28.4 Å². The molecular formula is C58H65N3O6Si. The zero-order chi connectivity index (χ0) is 48.5. The molecule has 352 valence electrons. The minimum atomic E-state index is -2.84. The molecular weight excluding hydrogens is 863 g/mol. The summed E-state index contributed by atoms with van der Waals surface area (Å²) in [6.07, 6.45) is 0.978. The lowest BCUT2D eigenvalue weighted by atomic mass is 9.89. The van der Waals surface area contributed by atoms with Gasteiger partial charge in [0.2, 0.25) is 17.7 Å². The molecule has 0 radical (unpaired) electrons. The van der Waals surface area contributed by atoms with E-state index in [-0.39, 0.29) is 43.8 Å². The zero-order valence-electron chi connectivity index (χ0n) is 39.9. The van der Waals surface area contributed by atoms with Gasteiger partial charge in [0.1, 0.15) is 12.1 Å². The normalized spacial score (nSPS) is 13.7. The van der Waals surface area contributed by atoms with E-state index in [9.17, 15) is 24.0 Å². The van der Waals surface area contributed by atoms with Gasteiger partial charge >= 0.3 is 5.97 Å². The molecule has 0 aliphatic heterocycles. The fourth-order valence-corrected chi connectivity index (χ4v) is 10.1. The van der Waals surface area contributed by atoms with E-state index in [1.165, 1.54) is 0 Å². The van der Waals surface area contributed by atoms with Gasteiger partial charge in [0, 0.05) is 36.1 Å². The van der Waals surface area contributed by atoms with Crippen LogP contribution in [0.15, 0.2) is 182 Å². The van der Waals surface area contributed by atoms with Gasteiger partial charge in [-0.3, -0.25) is 24.0 Å². The highest BCUT2D eigenvalue weighted by atomic mass is 28.4. The molecule has 0 spiro atoms. The average molecular weight is 928 g/mol. The Morgan fingerprint density at radius 1 is 0.456 bits per heavy atom. The SMILES string of the molecule is C[C@@H](Cc1ccccc1)C(=O)N[C@@H](Cc1ccccc1)C(=O)N[C@@H](Cc1ccccc1)C(=O)C[C@@H](Cc1ccccc1)C(=O)N[C@@H](Cc1ccccc1)C(=O)O[Si](C)(C)C(C)(C)c1ccccc1. The number of nitrogens with one attached hydrogen (secondary N) is 3. The van der Waals surface area contributed by atoms with E-state index >= 15 is 0 Å². The van der Waals surface area contributed by atoms with E-state index in [0.29, 0.717) is 6.42 Å². The summed E-state index contributed by atoms with van der Waals surface area (Å²) in [6, 6.07) is 54.3. The van der Waals surface area contributed by atoms with Crippen molar-refractivity contribution in [1.82, 2.24) is 16.0 Å². The molecule has 0 aliphatic carbocycles. The topological polar surface area (TPSA) is 131 Å². The lowest BCUT2D eigenvalue weighted by Gasteiger charge is -2.40. The molecule has 5 atom stereocenters. The summed E-state index contributed by atoms with van der Waals surface area (Å²) < 4.78 is 6.50. The third-order valence-electron chi connectivity index (χ3n) is 13.1. The molecule has 6 aromatic carbocycles. The second-order valence-corrected chi connectivity index (χ2v) is 23.3. The second kappa shape index (κ2) is 24.2. The van der Waals surface area contributed by atoms with Gasteiger partial charge in [0.15, 0.2) is 5.78 Å². The maximum absolute atomic E-state index is 14.9. The second-order valence-electron chi connectivity index (χ2n) is 18.8. The number of hydrogen-bond acceptors (Lipinski definition) is 6. The van der Waals surface area contributed by atoms with Gasteiger partial charge in [-0.2, -0.15) is 0 Å². The number of carbonyl (C=O) groups excluding carboxylic acids is 5. The maximum Gasteiger partial charge on any atom is 0.315 e. The van der Waals surface area contributed by atoms with Crippen LogP contribution in [-0.2, 0) is 65.5 Å². The molecule has 0 aliphatic rings. The molecule has 0 saturated heterocycles. The lowest BCUT2D eigenvalue weighted by Crippen LogP contribution is -2.56. The van der Waals surface area contributed by atoms with Crippen molar-refractivity contribution in [3.8, 4) is 0 Å². The fourth-order valence-electron chi connectivity index (χ4n) is 8.33. The Kier molecular flexibility index (Phi) is 18.0. The highest BCUT2D eigenvalue weighted by molar-refractivity contribution is 6.75. The molecule has 3 amide bonds. The summed E-state index contributed by atoms with van der Waals surface area (Å²) in [5.74, 6) is -3.53. The molecule has 0 unspecified atom stereocenters. The van der Waals surface area contributed by atoms with Crippen LogP contribution in [0.2, 0.25) is 13.1 Å². The van der Waals surface area contributed by atoms with Gasteiger partial charge in [0.05, 0.1) is 6.04 Å². The predicted octanol–water partition coefficient (Wildman–Crippen LogP) is 9.13. The molecule has 0 fully saturated rings. The maximum atomic E-state index is 14.9. The third kappa shape index (κ3) is 14.5. The van der Waals surface area contributed by atoms with Crippen molar-refractivity contribution in [3.63, 3.8) is 0 Å². The third-order valence-corrected chi connectivity index (χ3v) is 17.1. The number of amides is 3. The highest BCUT2D eigenvalue weighted by Crippen LogP contribution is 2.35. The molecule has 0 saturated carbocycles. The monoisotopic (exact) mass is 927 g/mol. The van der Waals surface area contributed by atoms with Crippen molar-refractivity contribution in [1.29, 1.82) is 0 Å². The van der Waals surface area contributed by atoms with Gasteiger partial charge < -0.3 is 20.4 Å². The van der Waals surface area contributed by atoms with E-state index in [4.69, 9.17) is 4.43 Å². The molecule has 10 heteroatoms. The van der Waals surface area contributed by atoms with E-state index in [1.807, 2.05) is 202 Å². The minimum absolute atomic E-state index is 0.154. The number of rotatable bonds is 23. The summed E-state index contributed by atoms with van der Waals surface area (Å²) in [4.78, 5) is 72.5. The quantitative estimate of drug-likeness (QED) is 0.0550. The summed E-state index contributed by atoms with van der Waals surface area (Å²) >= 11 is 0. The van der Waals surface area contributed by atoms with Crippen molar-refractivity contribution in [2.24, 2.45) is 11.8 Å². The van der Waals surface area contributed by atoms with Crippen molar-refractivity contribution in [2.75, 3.05) is 0 Å². The van der Waals surface area contributed by atoms with Crippen LogP contribution in [0.25, 0.3) is 0 Å². The zero-order valence-corrected chi connectivity index (χ0v) is 40.9. The van der Waals surface area contributed by atoms with Gasteiger partial charge in [0.25, 0.3) is 8.32 Å². The fraction of sp³-hybridized carbons (Fsp3) is 0.293. The van der Waals surface area contributed by atoms with Gasteiger partial charge in [-0.15, -0.1) is 0 Å². The van der Waals surface area contributed by atoms with E-state index in [0.717, 1.165) is 33.4 Å². The van der Waals surface area contributed by atoms with E-state index in [1.54, 1.807) is 0 Å². The molecule has 0 heterocycles. The Labute approximate surface area is 403 Å². The van der Waals surface area contributed by atoms with Crippen molar-refractivity contribution in [2.45, 2.75) is 95.6 Å². The molecule has 0 bridgehead atoms. The van der Waals surface area contributed by atoms with E-state index < -0.39 is 61.1 Å². The smallest absolute Gasteiger partial charge is 0.315 e. The predicted molar refractivity (Wildman–Crippen MR) is 272 cm³/mol. The molecule has 3 N–H and O–H groups in total. The van der Waals surface area contributed by atoms with Crippen LogP contribution in [0.4, 0.5) is 0 Å². The van der Waals surface area contributed by atoms with Gasteiger partial charge in [-0.05, 0) is 65.7 Å². The molecule has 6 aromatic rings. The van der Waals surface area contributed by atoms with Crippen LogP contribution < -0.4 is 16.0 Å². The van der Waals surface area contributed by atoms with Crippen molar-refractivity contribution in [3.05, 3.63) is 215 Å². The first-order chi connectivity index (χ1) is 32.7. The van der Waals surface area contributed by atoms with Crippen LogP contribution in [-0.4, -0.2) is 55.9 Å². The number of hydrogen-bond donors (Lipinski definition) is 3. The number of Topliss-reactive ketones (excluding diaryl/α,β-unsaturated/α-hetero) is 1. The lowest BCUT2D eigenvalue weighted by molar-refractivity contribution is -0.141. The van der Waals surface area contributed by atoms with Crippen molar-refractivity contribution >= 4 is 37.8 Å². The van der Waals surface area contributed by atoms with Crippen LogP contribution >= 0.6 is 0 Å². The number of ketones is 1. The minimum Gasteiger partial charge on any atom is -0.517 e. The Morgan fingerprint density at radius 2 is 0.809 bits per heavy atom. The highest BCUT2D eigenvalue weighted by Gasteiger charge is 2.46. The first-order valence-electron chi connectivity index (χ1n) is 23.6. The molecule has 9 nitrogen and oxygen atoms in total. The Bertz CT molecular complexity index is 2540.